The van der Waals surface area contributed by atoms with E-state index in [4.69, 9.17) is 4.74 Å². The Labute approximate surface area is 221 Å². The minimum absolute atomic E-state index is 0.252. The lowest BCUT2D eigenvalue weighted by Crippen LogP contribution is -2.49. The average Bonchev–Trinajstić information content (AvgIpc) is 2.87. The number of methoxy groups -OCH3 is 1. The number of carbonyl (C=O) groups excluding carboxylic acids is 2. The highest BCUT2D eigenvalue weighted by Gasteiger charge is 2.34. The van der Waals surface area contributed by atoms with E-state index in [9.17, 15) is 9.59 Å². The van der Waals surface area contributed by atoms with Crippen LogP contribution in [0.3, 0.4) is 0 Å². The first-order valence-corrected chi connectivity index (χ1v) is 12.7. The largest absolute Gasteiger partial charge is 0.496 e. The average molecular weight is 501 g/mol. The normalized spacial score (nSPS) is 12.7. The predicted molar refractivity (Wildman–Crippen MR) is 150 cm³/mol. The van der Waals surface area contributed by atoms with E-state index in [2.05, 4.69) is 52.2 Å². The van der Waals surface area contributed by atoms with Gasteiger partial charge in [-0.3, -0.25) is 9.59 Å². The molecule has 0 fully saturated rings. The zero-order valence-corrected chi connectivity index (χ0v) is 23.3. The smallest absolute Gasteiger partial charge is 0.251 e. The molecule has 2 amide bonds. The van der Waals surface area contributed by atoms with Gasteiger partial charge in [-0.05, 0) is 34.1 Å². The van der Waals surface area contributed by atoms with Crippen molar-refractivity contribution in [1.29, 1.82) is 0 Å². The molecule has 0 radical (unpaired) electrons. The van der Waals surface area contributed by atoms with Gasteiger partial charge in [0.1, 0.15) is 11.8 Å². The number of amides is 2. The molecular formula is C32H40N2O3. The molecule has 0 spiro atoms. The summed E-state index contributed by atoms with van der Waals surface area (Å²) in [7, 11) is 3.27. The molecule has 0 aromatic heterocycles. The molecule has 0 aliphatic carbocycles. The summed E-state index contributed by atoms with van der Waals surface area (Å²) in [6.07, 6.45) is 0. The topological polar surface area (TPSA) is 67.4 Å². The van der Waals surface area contributed by atoms with Crippen molar-refractivity contribution < 1.29 is 14.3 Å². The lowest BCUT2D eigenvalue weighted by Gasteiger charge is -2.31. The Kier molecular flexibility index (Phi) is 8.47. The quantitative estimate of drug-likeness (QED) is 0.420. The Hall–Kier alpha value is -3.60. The molecule has 37 heavy (non-hydrogen) atoms. The molecular weight excluding hydrogens is 460 g/mol. The Bertz CT molecular complexity index is 1150. The molecule has 196 valence electrons. The van der Waals surface area contributed by atoms with Gasteiger partial charge in [0.15, 0.2) is 0 Å². The maximum absolute atomic E-state index is 13.9. The van der Waals surface area contributed by atoms with Crippen molar-refractivity contribution in [2.24, 2.45) is 0 Å². The van der Waals surface area contributed by atoms with Crippen LogP contribution < -0.4 is 15.4 Å². The van der Waals surface area contributed by atoms with Gasteiger partial charge in [-0.2, -0.15) is 0 Å². The Morgan fingerprint density at radius 2 is 1.19 bits per heavy atom. The second kappa shape index (κ2) is 11.2. The van der Waals surface area contributed by atoms with Crippen LogP contribution in [0.25, 0.3) is 0 Å². The van der Waals surface area contributed by atoms with E-state index in [0.717, 1.165) is 28.0 Å². The first-order chi connectivity index (χ1) is 17.4. The highest BCUT2D eigenvalue weighted by molar-refractivity contribution is 5.98. The predicted octanol–water partition coefficient (Wildman–Crippen LogP) is 5.97. The fourth-order valence-corrected chi connectivity index (χ4v) is 4.67. The van der Waals surface area contributed by atoms with Crippen molar-refractivity contribution >= 4 is 11.8 Å². The van der Waals surface area contributed by atoms with Gasteiger partial charge in [0, 0.05) is 29.7 Å². The van der Waals surface area contributed by atoms with Crippen LogP contribution in [0, 0.1) is 0 Å². The summed E-state index contributed by atoms with van der Waals surface area (Å²) in [6.45, 7) is 12.6. The third-order valence-corrected chi connectivity index (χ3v) is 6.64. The van der Waals surface area contributed by atoms with Gasteiger partial charge in [-0.1, -0.05) is 102 Å². The van der Waals surface area contributed by atoms with E-state index in [1.807, 2.05) is 72.8 Å². The number of carbonyl (C=O) groups is 2. The van der Waals surface area contributed by atoms with Gasteiger partial charge in [-0.15, -0.1) is 0 Å². The summed E-state index contributed by atoms with van der Waals surface area (Å²) in [5.74, 6) is -0.129. The van der Waals surface area contributed by atoms with Crippen LogP contribution in [0.15, 0.2) is 72.8 Å². The van der Waals surface area contributed by atoms with Crippen LogP contribution in [0.2, 0.25) is 0 Å². The van der Waals surface area contributed by atoms with Crippen molar-refractivity contribution in [3.05, 3.63) is 101 Å². The summed E-state index contributed by atoms with van der Waals surface area (Å²) in [6, 6.07) is 22.6. The summed E-state index contributed by atoms with van der Waals surface area (Å²) in [4.78, 5) is 27.1. The Morgan fingerprint density at radius 3 is 1.54 bits per heavy atom. The molecule has 0 saturated heterocycles. The van der Waals surface area contributed by atoms with E-state index in [-0.39, 0.29) is 28.6 Å². The third kappa shape index (κ3) is 6.40. The molecule has 0 aliphatic rings. The minimum Gasteiger partial charge on any atom is -0.496 e. The van der Waals surface area contributed by atoms with Crippen LogP contribution in [0.5, 0.6) is 5.75 Å². The summed E-state index contributed by atoms with van der Waals surface area (Å²) in [5.41, 5.74) is 3.80. The van der Waals surface area contributed by atoms with Gasteiger partial charge in [0.05, 0.1) is 7.11 Å². The van der Waals surface area contributed by atoms with E-state index in [1.54, 1.807) is 14.2 Å². The number of ether oxygens (including phenoxy) is 1. The molecule has 5 nitrogen and oxygen atoms in total. The van der Waals surface area contributed by atoms with Crippen molar-refractivity contribution in [3.8, 4) is 5.75 Å². The molecule has 3 aromatic carbocycles. The lowest BCUT2D eigenvalue weighted by molar-refractivity contribution is -0.122. The van der Waals surface area contributed by atoms with Gasteiger partial charge in [0.2, 0.25) is 5.91 Å². The molecule has 1 atom stereocenters. The monoisotopic (exact) mass is 500 g/mol. The zero-order chi connectivity index (χ0) is 27.4. The van der Waals surface area contributed by atoms with E-state index >= 15 is 0 Å². The van der Waals surface area contributed by atoms with Gasteiger partial charge >= 0.3 is 0 Å². The standard InChI is InChI=1S/C32H40N2O3/c1-31(2,3)24-19-23(20-25(28(24)37-8)32(4,5)6)29(35)34-27(30(36)33-7)26(21-15-11-9-12-16-21)22-17-13-10-14-18-22/h9-20,26-27H,1-8H3,(H,33,36)(H,34,35). The van der Waals surface area contributed by atoms with Crippen LogP contribution in [-0.2, 0) is 15.6 Å². The SMILES string of the molecule is CNC(=O)C(NC(=O)c1cc(C(C)(C)C)c(OC)c(C(C)(C)C)c1)C(c1ccccc1)c1ccccc1. The first-order valence-electron chi connectivity index (χ1n) is 12.7. The number of rotatable bonds is 7. The van der Waals surface area contributed by atoms with Crippen molar-refractivity contribution in [2.45, 2.75) is 64.3 Å². The number of hydrogen-bond acceptors (Lipinski definition) is 3. The summed E-state index contributed by atoms with van der Waals surface area (Å²) in [5, 5.41) is 5.84. The van der Waals surface area contributed by atoms with Gasteiger partial charge < -0.3 is 15.4 Å². The van der Waals surface area contributed by atoms with Crippen molar-refractivity contribution in [1.82, 2.24) is 10.6 Å². The van der Waals surface area contributed by atoms with Gasteiger partial charge in [-0.25, -0.2) is 0 Å². The highest BCUT2D eigenvalue weighted by atomic mass is 16.5. The number of hydrogen-bond donors (Lipinski definition) is 2. The molecule has 3 rings (SSSR count). The number of nitrogens with one attached hydrogen (secondary N) is 2. The summed E-state index contributed by atoms with van der Waals surface area (Å²) >= 11 is 0. The molecule has 2 N–H and O–H groups in total. The van der Waals surface area contributed by atoms with E-state index < -0.39 is 6.04 Å². The van der Waals surface area contributed by atoms with Crippen LogP contribution in [0.4, 0.5) is 0 Å². The molecule has 1 unspecified atom stereocenters. The van der Waals surface area contributed by atoms with Crippen molar-refractivity contribution in [2.75, 3.05) is 14.2 Å². The minimum atomic E-state index is -0.819. The second-order valence-corrected chi connectivity index (χ2v) is 11.5. The molecule has 0 bridgehead atoms. The molecule has 3 aromatic rings. The highest BCUT2D eigenvalue weighted by Crippen LogP contribution is 2.40. The van der Waals surface area contributed by atoms with Crippen LogP contribution in [0.1, 0.15) is 80.1 Å². The Morgan fingerprint density at radius 1 is 0.757 bits per heavy atom. The number of benzene rings is 3. The van der Waals surface area contributed by atoms with E-state index in [0.29, 0.717) is 5.56 Å². The molecule has 5 heteroatoms. The fraction of sp³-hybridized carbons (Fsp3) is 0.375. The maximum Gasteiger partial charge on any atom is 0.251 e. The Balaban J connectivity index is 2.14. The van der Waals surface area contributed by atoms with E-state index in [1.165, 1.54) is 0 Å². The number of likely N-dealkylation sites (N-methyl/N-ethyl adjacent to an activating group) is 1. The van der Waals surface area contributed by atoms with Crippen molar-refractivity contribution in [3.63, 3.8) is 0 Å². The molecule has 0 aliphatic heterocycles. The summed E-state index contributed by atoms with van der Waals surface area (Å²) < 4.78 is 5.86. The molecule has 0 saturated carbocycles. The molecule has 0 heterocycles. The van der Waals surface area contributed by atoms with Crippen LogP contribution in [-0.4, -0.2) is 32.0 Å². The maximum atomic E-state index is 13.9. The lowest BCUT2D eigenvalue weighted by atomic mass is 9.78. The zero-order valence-electron chi connectivity index (χ0n) is 23.3. The third-order valence-electron chi connectivity index (χ3n) is 6.64. The van der Waals surface area contributed by atoms with Crippen LogP contribution >= 0.6 is 0 Å². The van der Waals surface area contributed by atoms with Gasteiger partial charge in [0.25, 0.3) is 5.91 Å². The first kappa shape index (κ1) is 28.0. The second-order valence-electron chi connectivity index (χ2n) is 11.5. The fourth-order valence-electron chi connectivity index (χ4n) is 4.67.